The number of nitrogens with zero attached hydrogens (tertiary/aromatic N) is 2. The Morgan fingerprint density at radius 3 is 2.15 bits per heavy atom. The van der Waals surface area contributed by atoms with Crippen molar-refractivity contribution in [2.45, 2.75) is 58.3 Å². The highest BCUT2D eigenvalue weighted by atomic mass is 16.6. The lowest BCUT2D eigenvalue weighted by Gasteiger charge is -2.40. The summed E-state index contributed by atoms with van der Waals surface area (Å²) >= 11 is 0. The van der Waals surface area contributed by atoms with E-state index in [0.29, 0.717) is 16.8 Å². The molecule has 2 aromatic carbocycles. The SMILES string of the molecule is CC(=O)OCC(O)C(OC(C)=O)C(OC(C)=O)C(OC(C)=O)C1Nc2ccccc2-c2nc3ccccc3c(=O)n21. The number of carbonyl (C=O) groups excluding carboxylic acids is 4. The molecule has 1 aromatic heterocycles. The smallest absolute Gasteiger partial charge is 0.303 e. The van der Waals surface area contributed by atoms with Crippen LogP contribution < -0.4 is 10.9 Å². The molecule has 5 atom stereocenters. The van der Waals surface area contributed by atoms with Crippen LogP contribution in [0.5, 0.6) is 0 Å². The summed E-state index contributed by atoms with van der Waals surface area (Å²) < 4.78 is 22.7. The van der Waals surface area contributed by atoms with Gasteiger partial charge in [0.05, 0.1) is 10.9 Å². The Morgan fingerprint density at radius 2 is 1.49 bits per heavy atom. The van der Waals surface area contributed by atoms with Crippen molar-refractivity contribution in [2.24, 2.45) is 0 Å². The van der Waals surface area contributed by atoms with E-state index in [1.807, 2.05) is 0 Å². The van der Waals surface area contributed by atoms with Crippen LogP contribution in [0.4, 0.5) is 5.69 Å². The van der Waals surface area contributed by atoms with Gasteiger partial charge in [-0.2, -0.15) is 0 Å². The zero-order valence-corrected chi connectivity index (χ0v) is 22.7. The Morgan fingerprint density at radius 1 is 0.878 bits per heavy atom. The standard InChI is InChI=1S/C28H29N3O10/c1-14(32)38-13-22(36)23(39-15(2)33)24(40-16(3)34)25(41-17(4)35)27-30-20-11-7-5-9-18(20)26-29-21-12-8-6-10-19(21)28(37)31(26)27/h5-12,22-25,27,30,36H,13H2,1-4H3. The third-order valence-electron chi connectivity index (χ3n) is 6.26. The van der Waals surface area contributed by atoms with E-state index in [4.69, 9.17) is 23.9 Å². The number of carbonyl (C=O) groups is 4. The van der Waals surface area contributed by atoms with Crippen molar-refractivity contribution >= 4 is 40.5 Å². The number of rotatable bonds is 9. The van der Waals surface area contributed by atoms with Gasteiger partial charge in [-0.1, -0.05) is 24.3 Å². The van der Waals surface area contributed by atoms with E-state index in [0.717, 1.165) is 27.7 Å². The Balaban J connectivity index is 1.94. The Kier molecular flexibility index (Phi) is 8.67. The molecule has 41 heavy (non-hydrogen) atoms. The van der Waals surface area contributed by atoms with E-state index >= 15 is 0 Å². The first-order chi connectivity index (χ1) is 19.5. The fourth-order valence-corrected chi connectivity index (χ4v) is 4.72. The first-order valence-electron chi connectivity index (χ1n) is 12.7. The van der Waals surface area contributed by atoms with Crippen LogP contribution in [0, 0.1) is 0 Å². The first-order valence-corrected chi connectivity index (χ1v) is 12.7. The van der Waals surface area contributed by atoms with Crippen molar-refractivity contribution in [3.63, 3.8) is 0 Å². The van der Waals surface area contributed by atoms with E-state index in [-0.39, 0.29) is 11.2 Å². The summed E-state index contributed by atoms with van der Waals surface area (Å²) in [6.45, 7) is 3.71. The highest BCUT2D eigenvalue weighted by molar-refractivity contribution is 5.83. The zero-order valence-electron chi connectivity index (χ0n) is 22.7. The molecular weight excluding hydrogens is 538 g/mol. The molecule has 5 unspecified atom stereocenters. The van der Waals surface area contributed by atoms with E-state index < -0.39 is 66.6 Å². The summed E-state index contributed by atoms with van der Waals surface area (Å²) in [5.74, 6) is -3.06. The maximum atomic E-state index is 13.9. The van der Waals surface area contributed by atoms with Crippen LogP contribution in [0.25, 0.3) is 22.3 Å². The van der Waals surface area contributed by atoms with E-state index in [2.05, 4.69) is 5.32 Å². The predicted octanol–water partition coefficient (Wildman–Crippen LogP) is 1.71. The second-order valence-corrected chi connectivity index (χ2v) is 9.35. The van der Waals surface area contributed by atoms with Crippen LogP contribution in [0.2, 0.25) is 0 Å². The number of aliphatic hydroxyl groups excluding tert-OH is 1. The van der Waals surface area contributed by atoms with Gasteiger partial charge in [-0.25, -0.2) is 4.98 Å². The van der Waals surface area contributed by atoms with Gasteiger partial charge < -0.3 is 29.4 Å². The van der Waals surface area contributed by atoms with Gasteiger partial charge in [-0.05, 0) is 24.3 Å². The number of aromatic nitrogens is 2. The zero-order chi connectivity index (χ0) is 29.8. The second-order valence-electron chi connectivity index (χ2n) is 9.35. The molecule has 2 heterocycles. The fraction of sp³-hybridized carbons (Fsp3) is 0.357. The predicted molar refractivity (Wildman–Crippen MR) is 143 cm³/mol. The van der Waals surface area contributed by atoms with E-state index in [1.54, 1.807) is 48.5 Å². The van der Waals surface area contributed by atoms with Crippen LogP contribution in [-0.2, 0) is 38.1 Å². The highest BCUT2D eigenvalue weighted by Crippen LogP contribution is 2.38. The van der Waals surface area contributed by atoms with Gasteiger partial charge in [-0.15, -0.1) is 0 Å². The third-order valence-corrected chi connectivity index (χ3v) is 6.26. The summed E-state index contributed by atoms with van der Waals surface area (Å²) in [7, 11) is 0. The first kappa shape index (κ1) is 29.2. The highest BCUT2D eigenvalue weighted by Gasteiger charge is 2.47. The van der Waals surface area contributed by atoms with Gasteiger partial charge in [0, 0.05) is 38.9 Å². The molecule has 0 radical (unpaired) electrons. The maximum Gasteiger partial charge on any atom is 0.303 e. The number of hydrogen-bond acceptors (Lipinski definition) is 12. The number of nitrogens with one attached hydrogen (secondary N) is 1. The van der Waals surface area contributed by atoms with Crippen molar-refractivity contribution in [3.05, 3.63) is 58.9 Å². The minimum Gasteiger partial charge on any atom is -0.463 e. The van der Waals surface area contributed by atoms with Crippen molar-refractivity contribution in [3.8, 4) is 11.4 Å². The Hall–Kier alpha value is -4.78. The number of fused-ring (bicyclic) bond motifs is 4. The molecule has 4 rings (SSSR count). The molecule has 1 aliphatic rings. The summed E-state index contributed by atoms with van der Waals surface area (Å²) in [5, 5.41) is 14.4. The number of benzene rings is 2. The number of esters is 4. The second kappa shape index (κ2) is 12.2. The van der Waals surface area contributed by atoms with Crippen molar-refractivity contribution in [1.29, 1.82) is 0 Å². The number of anilines is 1. The quantitative estimate of drug-likeness (QED) is 0.284. The molecule has 13 nitrogen and oxygen atoms in total. The minimum absolute atomic E-state index is 0.233. The number of aliphatic hydroxyl groups is 1. The van der Waals surface area contributed by atoms with Crippen molar-refractivity contribution in [2.75, 3.05) is 11.9 Å². The van der Waals surface area contributed by atoms with Gasteiger partial charge in [-0.3, -0.25) is 28.5 Å². The lowest BCUT2D eigenvalue weighted by atomic mass is 9.97. The molecule has 3 aromatic rings. The lowest BCUT2D eigenvalue weighted by molar-refractivity contribution is -0.199. The molecule has 0 saturated carbocycles. The lowest BCUT2D eigenvalue weighted by Crippen LogP contribution is -2.56. The largest absolute Gasteiger partial charge is 0.463 e. The summed E-state index contributed by atoms with van der Waals surface area (Å²) in [6.07, 6.45) is -7.92. The molecule has 0 bridgehead atoms. The van der Waals surface area contributed by atoms with Crippen LogP contribution >= 0.6 is 0 Å². The van der Waals surface area contributed by atoms with Gasteiger partial charge in [0.2, 0.25) is 0 Å². The average molecular weight is 568 g/mol. The van der Waals surface area contributed by atoms with Crippen LogP contribution in [0.1, 0.15) is 33.9 Å². The summed E-state index contributed by atoms with van der Waals surface area (Å²) in [5.41, 5.74) is 1.02. The van der Waals surface area contributed by atoms with Crippen molar-refractivity contribution < 1.29 is 43.2 Å². The topological polar surface area (TPSA) is 172 Å². The molecule has 0 fully saturated rings. The molecule has 2 N–H and O–H groups in total. The normalized spacial score (nSPS) is 16.6. The van der Waals surface area contributed by atoms with Gasteiger partial charge in [0.1, 0.15) is 24.7 Å². The molecule has 0 aliphatic carbocycles. The molecule has 13 heteroatoms. The van der Waals surface area contributed by atoms with Gasteiger partial charge >= 0.3 is 23.9 Å². The summed E-state index contributed by atoms with van der Waals surface area (Å²) in [6, 6.07) is 13.7. The summed E-state index contributed by atoms with van der Waals surface area (Å²) in [4.78, 5) is 66.9. The Labute approximate surface area is 234 Å². The van der Waals surface area contributed by atoms with E-state index in [1.165, 1.54) is 4.57 Å². The molecule has 216 valence electrons. The number of ether oxygens (including phenoxy) is 4. The van der Waals surface area contributed by atoms with Crippen LogP contribution in [0.3, 0.4) is 0 Å². The van der Waals surface area contributed by atoms with Gasteiger partial charge in [0.25, 0.3) is 5.56 Å². The maximum absolute atomic E-state index is 13.9. The minimum atomic E-state index is -1.72. The average Bonchev–Trinajstić information content (AvgIpc) is 2.91. The molecule has 0 saturated heterocycles. The van der Waals surface area contributed by atoms with Gasteiger partial charge in [0.15, 0.2) is 18.3 Å². The van der Waals surface area contributed by atoms with Crippen molar-refractivity contribution in [1.82, 2.24) is 9.55 Å². The molecular formula is C28H29N3O10. The third kappa shape index (κ3) is 6.35. The Bertz CT molecular complexity index is 1550. The number of para-hydroxylation sites is 2. The molecule has 0 amide bonds. The molecule has 1 aliphatic heterocycles. The van der Waals surface area contributed by atoms with Crippen LogP contribution in [0.15, 0.2) is 53.3 Å². The molecule has 0 spiro atoms. The fourth-order valence-electron chi connectivity index (χ4n) is 4.72. The van der Waals surface area contributed by atoms with E-state index in [9.17, 15) is 29.1 Å². The monoisotopic (exact) mass is 567 g/mol. The van der Waals surface area contributed by atoms with Crippen LogP contribution in [-0.4, -0.2) is 69.6 Å². The number of hydrogen-bond donors (Lipinski definition) is 2.